The SMILES string of the molecule is C[C@@H](COc1ccccc1)N1C(=O)NC2(CCNCC2)C1=O. The Hall–Kier alpha value is -2.08. The van der Waals surface area contributed by atoms with E-state index in [0.29, 0.717) is 12.8 Å². The summed E-state index contributed by atoms with van der Waals surface area (Å²) in [5.74, 6) is 0.612. The highest BCUT2D eigenvalue weighted by Crippen LogP contribution is 2.28. The molecule has 1 aromatic rings. The van der Waals surface area contributed by atoms with Crippen LogP contribution in [0, 0.1) is 0 Å². The van der Waals surface area contributed by atoms with Gasteiger partial charge < -0.3 is 15.4 Å². The van der Waals surface area contributed by atoms with Crippen LogP contribution in [0.3, 0.4) is 0 Å². The Morgan fingerprint density at radius 2 is 1.91 bits per heavy atom. The van der Waals surface area contributed by atoms with Crippen molar-refractivity contribution in [3.8, 4) is 5.75 Å². The molecule has 2 aliphatic rings. The van der Waals surface area contributed by atoms with Crippen molar-refractivity contribution in [2.75, 3.05) is 19.7 Å². The Bertz CT molecular complexity index is 555. The summed E-state index contributed by atoms with van der Waals surface area (Å²) >= 11 is 0. The highest BCUT2D eigenvalue weighted by atomic mass is 16.5. The van der Waals surface area contributed by atoms with Crippen molar-refractivity contribution in [1.29, 1.82) is 0 Å². The number of hydrogen-bond acceptors (Lipinski definition) is 4. The van der Waals surface area contributed by atoms with Gasteiger partial charge in [0, 0.05) is 0 Å². The summed E-state index contributed by atoms with van der Waals surface area (Å²) < 4.78 is 5.67. The Kier molecular flexibility index (Phi) is 4.02. The van der Waals surface area contributed by atoms with Crippen molar-refractivity contribution >= 4 is 11.9 Å². The normalized spacial score (nSPS) is 21.8. The molecule has 2 heterocycles. The molecule has 0 radical (unpaired) electrons. The van der Waals surface area contributed by atoms with E-state index in [-0.39, 0.29) is 24.6 Å². The Morgan fingerprint density at radius 3 is 2.59 bits per heavy atom. The second-order valence-electron chi connectivity index (χ2n) is 5.91. The summed E-state index contributed by atoms with van der Waals surface area (Å²) in [6.45, 7) is 3.61. The van der Waals surface area contributed by atoms with E-state index in [9.17, 15) is 9.59 Å². The number of hydrogen-bond donors (Lipinski definition) is 2. The minimum atomic E-state index is -0.719. The van der Waals surface area contributed by atoms with Gasteiger partial charge in [-0.2, -0.15) is 0 Å². The van der Waals surface area contributed by atoms with E-state index < -0.39 is 5.54 Å². The third-order valence-corrected chi connectivity index (χ3v) is 4.33. The molecule has 3 rings (SSSR count). The lowest BCUT2D eigenvalue weighted by Gasteiger charge is -2.31. The molecule has 1 aromatic carbocycles. The van der Waals surface area contributed by atoms with Crippen LogP contribution >= 0.6 is 0 Å². The van der Waals surface area contributed by atoms with E-state index in [0.717, 1.165) is 18.8 Å². The first-order chi connectivity index (χ1) is 10.6. The monoisotopic (exact) mass is 303 g/mol. The van der Waals surface area contributed by atoms with Crippen molar-refractivity contribution in [2.45, 2.75) is 31.3 Å². The fourth-order valence-electron chi connectivity index (χ4n) is 3.04. The molecular weight excluding hydrogens is 282 g/mol. The van der Waals surface area contributed by atoms with Gasteiger partial charge in [-0.25, -0.2) is 4.79 Å². The molecule has 0 aliphatic carbocycles. The molecule has 0 unspecified atom stereocenters. The molecule has 6 nitrogen and oxygen atoms in total. The van der Waals surface area contributed by atoms with Gasteiger partial charge in [0.15, 0.2) is 0 Å². The largest absolute Gasteiger partial charge is 0.491 e. The van der Waals surface area contributed by atoms with Gasteiger partial charge in [-0.15, -0.1) is 0 Å². The molecular formula is C16H21N3O3. The fourth-order valence-corrected chi connectivity index (χ4v) is 3.04. The Labute approximate surface area is 129 Å². The average molecular weight is 303 g/mol. The van der Waals surface area contributed by atoms with Gasteiger partial charge in [0.25, 0.3) is 5.91 Å². The van der Waals surface area contributed by atoms with Crippen molar-refractivity contribution < 1.29 is 14.3 Å². The van der Waals surface area contributed by atoms with Gasteiger partial charge in [0.2, 0.25) is 0 Å². The summed E-state index contributed by atoms with van der Waals surface area (Å²) in [4.78, 5) is 26.2. The zero-order valence-corrected chi connectivity index (χ0v) is 12.7. The van der Waals surface area contributed by atoms with Crippen LogP contribution in [0.2, 0.25) is 0 Å². The van der Waals surface area contributed by atoms with Crippen LogP contribution in [-0.4, -0.2) is 48.1 Å². The number of amides is 3. The van der Waals surface area contributed by atoms with Crippen LogP contribution < -0.4 is 15.4 Å². The number of nitrogens with zero attached hydrogens (tertiary/aromatic N) is 1. The number of nitrogens with one attached hydrogen (secondary N) is 2. The van der Waals surface area contributed by atoms with Crippen LogP contribution in [0.25, 0.3) is 0 Å². The topological polar surface area (TPSA) is 70.7 Å². The summed E-state index contributed by atoms with van der Waals surface area (Å²) in [6, 6.07) is 8.78. The third kappa shape index (κ3) is 2.66. The molecule has 1 spiro atoms. The van der Waals surface area contributed by atoms with Gasteiger partial charge in [-0.1, -0.05) is 18.2 Å². The summed E-state index contributed by atoms with van der Waals surface area (Å²) in [7, 11) is 0. The van der Waals surface area contributed by atoms with Crippen molar-refractivity contribution in [3.05, 3.63) is 30.3 Å². The number of urea groups is 1. The van der Waals surface area contributed by atoms with Gasteiger partial charge in [-0.05, 0) is 45.0 Å². The molecule has 118 valence electrons. The second kappa shape index (κ2) is 5.96. The van der Waals surface area contributed by atoms with E-state index in [1.54, 1.807) is 0 Å². The van der Waals surface area contributed by atoms with Gasteiger partial charge in [-0.3, -0.25) is 9.69 Å². The third-order valence-electron chi connectivity index (χ3n) is 4.33. The first kappa shape index (κ1) is 14.8. The van der Waals surface area contributed by atoms with Gasteiger partial charge in [0.1, 0.15) is 17.9 Å². The van der Waals surface area contributed by atoms with Gasteiger partial charge in [0.05, 0.1) is 6.04 Å². The maximum atomic E-state index is 12.7. The molecule has 6 heteroatoms. The maximum Gasteiger partial charge on any atom is 0.325 e. The molecule has 0 saturated carbocycles. The highest BCUT2D eigenvalue weighted by Gasteiger charge is 2.52. The Balaban J connectivity index is 1.66. The van der Waals surface area contributed by atoms with Crippen molar-refractivity contribution in [3.63, 3.8) is 0 Å². The Morgan fingerprint density at radius 1 is 1.23 bits per heavy atom. The molecule has 2 N–H and O–H groups in total. The van der Waals surface area contributed by atoms with E-state index in [4.69, 9.17) is 4.74 Å². The maximum absolute atomic E-state index is 12.7. The number of carbonyl (C=O) groups is 2. The van der Waals surface area contributed by atoms with E-state index in [1.165, 1.54) is 4.90 Å². The summed E-state index contributed by atoms with van der Waals surface area (Å²) in [5, 5.41) is 6.11. The minimum absolute atomic E-state index is 0.122. The molecule has 2 saturated heterocycles. The smallest absolute Gasteiger partial charge is 0.325 e. The quantitative estimate of drug-likeness (QED) is 0.818. The lowest BCUT2D eigenvalue weighted by Crippen LogP contribution is -2.54. The lowest BCUT2D eigenvalue weighted by atomic mass is 9.88. The van der Waals surface area contributed by atoms with Crippen molar-refractivity contribution in [2.24, 2.45) is 0 Å². The zero-order valence-electron chi connectivity index (χ0n) is 12.7. The van der Waals surface area contributed by atoms with Crippen LogP contribution in [0.1, 0.15) is 19.8 Å². The predicted octanol–water partition coefficient (Wildman–Crippen LogP) is 1.13. The number of ether oxygens (including phenoxy) is 1. The molecule has 22 heavy (non-hydrogen) atoms. The van der Waals surface area contributed by atoms with Crippen molar-refractivity contribution in [1.82, 2.24) is 15.5 Å². The first-order valence-corrected chi connectivity index (χ1v) is 7.67. The number of rotatable bonds is 4. The zero-order chi connectivity index (χ0) is 15.6. The predicted molar refractivity (Wildman–Crippen MR) is 81.6 cm³/mol. The number of para-hydroxylation sites is 1. The van der Waals surface area contributed by atoms with E-state index in [2.05, 4.69) is 10.6 Å². The molecule has 2 fully saturated rings. The standard InChI is InChI=1S/C16H21N3O3/c1-12(11-22-13-5-3-2-4-6-13)19-14(20)16(18-15(19)21)7-9-17-10-8-16/h2-6,12,17H,7-11H2,1H3,(H,18,21)/t12-/m0/s1. The fraction of sp³-hybridized carbons (Fsp3) is 0.500. The summed E-state index contributed by atoms with van der Waals surface area (Å²) in [6.07, 6.45) is 1.28. The molecule has 3 amide bonds. The number of piperidine rings is 1. The molecule has 2 aliphatic heterocycles. The molecule has 1 atom stereocenters. The number of benzene rings is 1. The van der Waals surface area contributed by atoms with Crippen LogP contribution in [-0.2, 0) is 4.79 Å². The van der Waals surface area contributed by atoms with Gasteiger partial charge >= 0.3 is 6.03 Å². The van der Waals surface area contributed by atoms with Crippen LogP contribution in [0.4, 0.5) is 4.79 Å². The molecule has 0 aromatic heterocycles. The van der Waals surface area contributed by atoms with E-state index >= 15 is 0 Å². The van der Waals surface area contributed by atoms with Crippen LogP contribution in [0.5, 0.6) is 5.75 Å². The summed E-state index contributed by atoms with van der Waals surface area (Å²) in [5.41, 5.74) is -0.719. The highest BCUT2D eigenvalue weighted by molar-refractivity contribution is 6.07. The minimum Gasteiger partial charge on any atom is -0.491 e. The van der Waals surface area contributed by atoms with E-state index in [1.807, 2.05) is 37.3 Å². The van der Waals surface area contributed by atoms with Crippen LogP contribution in [0.15, 0.2) is 30.3 Å². The lowest BCUT2D eigenvalue weighted by molar-refractivity contribution is -0.133. The second-order valence-corrected chi connectivity index (χ2v) is 5.91. The first-order valence-electron chi connectivity index (χ1n) is 7.67. The molecule has 0 bridgehead atoms. The number of carbonyl (C=O) groups excluding carboxylic acids is 2. The number of imide groups is 1. The average Bonchev–Trinajstić information content (AvgIpc) is 2.77.